The van der Waals surface area contributed by atoms with E-state index in [4.69, 9.17) is 4.74 Å². The lowest BCUT2D eigenvalue weighted by molar-refractivity contribution is -0.0174. The number of carbonyl (C=O) groups excluding carboxylic acids is 1. The second-order valence-electron chi connectivity index (χ2n) is 4.83. The predicted octanol–water partition coefficient (Wildman–Crippen LogP) is 1.90. The summed E-state index contributed by atoms with van der Waals surface area (Å²) in [4.78, 5) is 14.0. The third-order valence-electron chi connectivity index (χ3n) is 3.14. The van der Waals surface area contributed by atoms with Gasteiger partial charge in [0.1, 0.15) is 0 Å². The Kier molecular flexibility index (Phi) is 5.18. The minimum absolute atomic E-state index is 0.136. The van der Waals surface area contributed by atoms with Gasteiger partial charge in [0.05, 0.1) is 18.4 Å². The number of aryl methyl sites for hydroxylation is 1. The van der Waals surface area contributed by atoms with Crippen LogP contribution in [0.1, 0.15) is 12.5 Å². The highest BCUT2D eigenvalue weighted by Crippen LogP contribution is 2.18. The number of anilines is 1. The molecule has 2 amide bonds. The minimum atomic E-state index is -0.136. The average molecular weight is 283 g/mol. The topological polar surface area (TPSA) is 53.6 Å². The van der Waals surface area contributed by atoms with Crippen molar-refractivity contribution in [3.63, 3.8) is 0 Å². The lowest BCUT2D eigenvalue weighted by Gasteiger charge is -2.30. The molecule has 1 aliphatic rings. The summed E-state index contributed by atoms with van der Waals surface area (Å²) in [5, 5.41) is 9.70. The van der Waals surface area contributed by atoms with Gasteiger partial charge in [0.2, 0.25) is 0 Å². The van der Waals surface area contributed by atoms with E-state index in [0.29, 0.717) is 6.54 Å². The minimum Gasteiger partial charge on any atom is -0.376 e. The van der Waals surface area contributed by atoms with Gasteiger partial charge in [0.25, 0.3) is 0 Å². The molecule has 1 fully saturated rings. The summed E-state index contributed by atoms with van der Waals surface area (Å²) < 4.78 is 5.48. The molecule has 1 aromatic heterocycles. The average Bonchev–Trinajstić information content (AvgIpc) is 2.75. The van der Waals surface area contributed by atoms with E-state index in [1.54, 1.807) is 11.3 Å². The SMILES string of the molecule is Cc1cscc1NC(=O)NCCN1CCOC(C)C1. The first-order valence-electron chi connectivity index (χ1n) is 6.57. The Morgan fingerprint density at radius 1 is 1.58 bits per heavy atom. The highest BCUT2D eigenvalue weighted by molar-refractivity contribution is 7.08. The van der Waals surface area contributed by atoms with Crippen molar-refractivity contribution in [2.24, 2.45) is 0 Å². The molecule has 2 heterocycles. The molecule has 6 heteroatoms. The van der Waals surface area contributed by atoms with Crippen LogP contribution in [0.3, 0.4) is 0 Å². The van der Waals surface area contributed by atoms with Gasteiger partial charge in [-0.25, -0.2) is 4.79 Å². The summed E-state index contributed by atoms with van der Waals surface area (Å²) in [7, 11) is 0. The number of hydrogen-bond acceptors (Lipinski definition) is 4. The van der Waals surface area contributed by atoms with Crippen molar-refractivity contribution >= 4 is 23.1 Å². The van der Waals surface area contributed by atoms with Gasteiger partial charge in [-0.2, -0.15) is 0 Å². The molecule has 0 bridgehead atoms. The number of thiophene rings is 1. The Balaban J connectivity index is 1.65. The first-order valence-corrected chi connectivity index (χ1v) is 7.51. The van der Waals surface area contributed by atoms with Crippen LogP contribution < -0.4 is 10.6 Å². The Morgan fingerprint density at radius 3 is 3.11 bits per heavy atom. The Morgan fingerprint density at radius 2 is 2.42 bits per heavy atom. The molecule has 2 rings (SSSR count). The second kappa shape index (κ2) is 6.88. The van der Waals surface area contributed by atoms with Crippen molar-refractivity contribution < 1.29 is 9.53 Å². The van der Waals surface area contributed by atoms with E-state index in [0.717, 1.165) is 37.5 Å². The molecule has 0 spiro atoms. The number of hydrogen-bond donors (Lipinski definition) is 2. The van der Waals surface area contributed by atoms with Crippen molar-refractivity contribution in [3.05, 3.63) is 16.3 Å². The zero-order valence-electron chi connectivity index (χ0n) is 11.4. The van der Waals surface area contributed by atoms with Crippen LogP contribution in [0.25, 0.3) is 0 Å². The van der Waals surface area contributed by atoms with E-state index in [-0.39, 0.29) is 12.1 Å². The van der Waals surface area contributed by atoms with Gasteiger partial charge >= 0.3 is 6.03 Å². The number of nitrogens with one attached hydrogen (secondary N) is 2. The second-order valence-corrected chi connectivity index (χ2v) is 5.57. The fraction of sp³-hybridized carbons (Fsp3) is 0.615. The zero-order chi connectivity index (χ0) is 13.7. The molecular formula is C13H21N3O2S. The van der Waals surface area contributed by atoms with Gasteiger partial charge in [-0.1, -0.05) is 0 Å². The highest BCUT2D eigenvalue weighted by Gasteiger charge is 2.16. The Labute approximate surface area is 117 Å². The van der Waals surface area contributed by atoms with E-state index >= 15 is 0 Å². The van der Waals surface area contributed by atoms with Crippen LogP contribution in [0.2, 0.25) is 0 Å². The van der Waals surface area contributed by atoms with Crippen molar-refractivity contribution in [2.45, 2.75) is 20.0 Å². The lowest BCUT2D eigenvalue weighted by Crippen LogP contribution is -2.45. The van der Waals surface area contributed by atoms with Crippen molar-refractivity contribution in [1.82, 2.24) is 10.2 Å². The molecule has 106 valence electrons. The maximum Gasteiger partial charge on any atom is 0.319 e. The van der Waals surface area contributed by atoms with E-state index in [1.165, 1.54) is 0 Å². The third kappa shape index (κ3) is 4.49. The van der Waals surface area contributed by atoms with Crippen LogP contribution in [0, 0.1) is 6.92 Å². The predicted molar refractivity (Wildman–Crippen MR) is 77.9 cm³/mol. The van der Waals surface area contributed by atoms with E-state index < -0.39 is 0 Å². The number of carbonyl (C=O) groups is 1. The summed E-state index contributed by atoms with van der Waals surface area (Å²) >= 11 is 1.59. The van der Waals surface area contributed by atoms with Gasteiger partial charge in [-0.3, -0.25) is 4.90 Å². The first-order chi connectivity index (χ1) is 9.15. The van der Waals surface area contributed by atoms with Crippen LogP contribution in [0.5, 0.6) is 0 Å². The maximum atomic E-state index is 11.7. The summed E-state index contributed by atoms with van der Waals surface area (Å²) in [5.41, 5.74) is 1.99. The zero-order valence-corrected chi connectivity index (χ0v) is 12.3. The Bertz CT molecular complexity index is 422. The highest BCUT2D eigenvalue weighted by atomic mass is 32.1. The molecule has 5 nitrogen and oxygen atoms in total. The third-order valence-corrected chi connectivity index (χ3v) is 4.00. The Hall–Kier alpha value is -1.11. The maximum absolute atomic E-state index is 11.7. The fourth-order valence-electron chi connectivity index (χ4n) is 2.08. The summed E-state index contributed by atoms with van der Waals surface area (Å²) in [6.07, 6.45) is 0.288. The number of urea groups is 1. The quantitative estimate of drug-likeness (QED) is 0.887. The van der Waals surface area contributed by atoms with E-state index in [2.05, 4.69) is 22.5 Å². The van der Waals surface area contributed by atoms with Crippen LogP contribution >= 0.6 is 11.3 Å². The molecule has 1 aliphatic heterocycles. The van der Waals surface area contributed by atoms with Crippen LogP contribution in [-0.2, 0) is 4.74 Å². The van der Waals surface area contributed by atoms with E-state index in [1.807, 2.05) is 17.7 Å². The molecule has 0 saturated carbocycles. The van der Waals surface area contributed by atoms with Crippen molar-refractivity contribution in [2.75, 3.05) is 38.1 Å². The van der Waals surface area contributed by atoms with Gasteiger partial charge in [0.15, 0.2) is 0 Å². The molecule has 0 radical (unpaired) electrons. The molecule has 19 heavy (non-hydrogen) atoms. The van der Waals surface area contributed by atoms with Gasteiger partial charge in [-0.05, 0) is 24.8 Å². The normalized spacial score (nSPS) is 20.2. The summed E-state index contributed by atoms with van der Waals surface area (Å²) in [6, 6.07) is -0.136. The smallest absolute Gasteiger partial charge is 0.319 e. The monoisotopic (exact) mass is 283 g/mol. The lowest BCUT2D eigenvalue weighted by atomic mass is 10.3. The molecule has 1 atom stereocenters. The van der Waals surface area contributed by atoms with Gasteiger partial charge in [0, 0.05) is 31.6 Å². The molecule has 1 unspecified atom stereocenters. The number of rotatable bonds is 4. The molecular weight excluding hydrogens is 262 g/mol. The number of amides is 2. The van der Waals surface area contributed by atoms with Gasteiger partial charge < -0.3 is 15.4 Å². The molecule has 1 aromatic rings. The first kappa shape index (κ1) is 14.3. The van der Waals surface area contributed by atoms with E-state index in [9.17, 15) is 4.79 Å². The van der Waals surface area contributed by atoms with Crippen molar-refractivity contribution in [3.8, 4) is 0 Å². The fourth-order valence-corrected chi connectivity index (χ4v) is 2.86. The summed E-state index contributed by atoms with van der Waals surface area (Å²) in [5.74, 6) is 0. The standard InChI is InChI=1S/C13H21N3O2S/c1-10-8-19-9-12(10)15-13(17)14-3-4-16-5-6-18-11(2)7-16/h8-9,11H,3-7H2,1-2H3,(H2,14,15,17). The summed E-state index contributed by atoms with van der Waals surface area (Å²) in [6.45, 7) is 8.24. The van der Waals surface area contributed by atoms with Gasteiger partial charge in [-0.15, -0.1) is 11.3 Å². The molecule has 2 N–H and O–H groups in total. The van der Waals surface area contributed by atoms with Crippen LogP contribution in [0.15, 0.2) is 10.8 Å². The number of morpholine rings is 1. The number of ether oxygens (including phenoxy) is 1. The van der Waals surface area contributed by atoms with Crippen LogP contribution in [-0.4, -0.2) is 49.8 Å². The molecule has 0 aromatic carbocycles. The van der Waals surface area contributed by atoms with Crippen molar-refractivity contribution in [1.29, 1.82) is 0 Å². The van der Waals surface area contributed by atoms with Crippen LogP contribution in [0.4, 0.5) is 10.5 Å². The number of nitrogens with zero attached hydrogens (tertiary/aromatic N) is 1. The molecule has 0 aliphatic carbocycles. The molecule has 1 saturated heterocycles. The largest absolute Gasteiger partial charge is 0.376 e.